The molecule has 1 aliphatic rings. The van der Waals surface area contributed by atoms with Gasteiger partial charge in [-0.25, -0.2) is 5.43 Å². The van der Waals surface area contributed by atoms with Crippen LogP contribution in [-0.4, -0.2) is 25.2 Å². The van der Waals surface area contributed by atoms with Crippen molar-refractivity contribution in [3.63, 3.8) is 0 Å². The smallest absolute Gasteiger partial charge is 0.271 e. The van der Waals surface area contributed by atoms with Gasteiger partial charge in [0, 0.05) is 34.4 Å². The molecule has 1 N–H and O–H groups in total. The zero-order chi connectivity index (χ0) is 19.3. The Hall–Kier alpha value is -2.86. The summed E-state index contributed by atoms with van der Waals surface area (Å²) in [6.07, 6.45) is 3.96. The second-order valence-corrected chi connectivity index (χ2v) is 7.56. The van der Waals surface area contributed by atoms with Crippen LogP contribution < -0.4 is 10.3 Å². The van der Waals surface area contributed by atoms with Crippen LogP contribution in [0.25, 0.3) is 11.3 Å². The van der Waals surface area contributed by atoms with Crippen molar-refractivity contribution in [1.82, 2.24) is 5.43 Å². The van der Waals surface area contributed by atoms with E-state index in [2.05, 4.69) is 31.4 Å². The molecule has 0 atom stereocenters. The van der Waals surface area contributed by atoms with Gasteiger partial charge in [0.05, 0.1) is 6.21 Å². The third-order valence-corrected chi connectivity index (χ3v) is 5.24. The molecule has 0 radical (unpaired) electrons. The molecule has 0 spiro atoms. The molecular formula is C22H20BrN3O2. The van der Waals surface area contributed by atoms with E-state index in [1.54, 1.807) is 0 Å². The maximum atomic E-state index is 12.3. The molecule has 4 rings (SSSR count). The van der Waals surface area contributed by atoms with Crippen molar-refractivity contribution < 1.29 is 9.21 Å². The van der Waals surface area contributed by atoms with Crippen LogP contribution in [0, 0.1) is 0 Å². The van der Waals surface area contributed by atoms with E-state index in [4.69, 9.17) is 4.42 Å². The summed E-state index contributed by atoms with van der Waals surface area (Å²) in [5.41, 5.74) is 5.26. The number of carbonyl (C=O) groups excluding carboxylic acids is 1. The number of nitrogens with zero attached hydrogens (tertiary/aromatic N) is 2. The number of hydrogen-bond acceptors (Lipinski definition) is 4. The Bertz CT molecular complexity index is 972. The fourth-order valence-electron chi connectivity index (χ4n) is 3.21. The number of hydrogen-bond donors (Lipinski definition) is 1. The van der Waals surface area contributed by atoms with Crippen LogP contribution >= 0.6 is 15.9 Å². The van der Waals surface area contributed by atoms with Gasteiger partial charge in [0.15, 0.2) is 0 Å². The summed E-state index contributed by atoms with van der Waals surface area (Å²) in [5.74, 6) is 1.07. The van der Waals surface area contributed by atoms with Crippen molar-refractivity contribution >= 4 is 33.7 Å². The van der Waals surface area contributed by atoms with E-state index in [1.807, 2.05) is 60.7 Å². The van der Waals surface area contributed by atoms with E-state index in [-0.39, 0.29) is 5.91 Å². The van der Waals surface area contributed by atoms with Crippen molar-refractivity contribution in [1.29, 1.82) is 0 Å². The largest absolute Gasteiger partial charge is 0.455 e. The average Bonchev–Trinajstić information content (AvgIpc) is 3.41. The van der Waals surface area contributed by atoms with Gasteiger partial charge in [-0.2, -0.15) is 5.10 Å². The lowest BCUT2D eigenvalue weighted by Crippen LogP contribution is -2.19. The Morgan fingerprint density at radius 1 is 1.00 bits per heavy atom. The molecule has 5 nitrogen and oxygen atoms in total. The lowest BCUT2D eigenvalue weighted by molar-refractivity contribution is 0.0955. The molecule has 142 valence electrons. The van der Waals surface area contributed by atoms with Gasteiger partial charge in [-0.3, -0.25) is 4.79 Å². The van der Waals surface area contributed by atoms with E-state index in [1.165, 1.54) is 19.1 Å². The second-order valence-electron chi connectivity index (χ2n) is 6.65. The van der Waals surface area contributed by atoms with Crippen LogP contribution in [0.2, 0.25) is 0 Å². The molecule has 3 aromatic rings. The Morgan fingerprint density at radius 3 is 2.43 bits per heavy atom. The molecule has 1 fully saturated rings. The summed E-state index contributed by atoms with van der Waals surface area (Å²) in [5, 5.41) is 4.00. The van der Waals surface area contributed by atoms with E-state index in [0.717, 1.165) is 34.6 Å². The molecule has 2 heterocycles. The van der Waals surface area contributed by atoms with E-state index >= 15 is 0 Å². The van der Waals surface area contributed by atoms with E-state index in [9.17, 15) is 4.79 Å². The van der Waals surface area contributed by atoms with Crippen LogP contribution in [0.4, 0.5) is 5.69 Å². The van der Waals surface area contributed by atoms with E-state index in [0.29, 0.717) is 11.3 Å². The lowest BCUT2D eigenvalue weighted by atomic mass is 10.2. The molecule has 0 unspecified atom stereocenters. The van der Waals surface area contributed by atoms with Crippen molar-refractivity contribution in [2.24, 2.45) is 5.10 Å². The molecule has 0 aliphatic carbocycles. The fraction of sp³-hybridized carbons (Fsp3) is 0.182. The second kappa shape index (κ2) is 8.44. The SMILES string of the molecule is O=C(N/N=C/c1ccc(-c2ccc(Br)cc2)o1)c1ccc(N2CCCC2)cc1. The number of benzene rings is 2. The van der Waals surface area contributed by atoms with Crippen LogP contribution in [0.15, 0.2) is 74.7 Å². The molecule has 1 saturated heterocycles. The molecule has 0 bridgehead atoms. The monoisotopic (exact) mass is 437 g/mol. The number of anilines is 1. The quantitative estimate of drug-likeness (QED) is 0.447. The molecule has 1 aromatic heterocycles. The Kier molecular flexibility index (Phi) is 5.58. The number of carbonyl (C=O) groups is 1. The Morgan fingerprint density at radius 2 is 1.71 bits per heavy atom. The molecule has 0 saturated carbocycles. The number of hydrazone groups is 1. The number of nitrogens with one attached hydrogen (secondary N) is 1. The lowest BCUT2D eigenvalue weighted by Gasteiger charge is -2.17. The van der Waals surface area contributed by atoms with E-state index < -0.39 is 0 Å². The maximum absolute atomic E-state index is 12.3. The first-order chi connectivity index (χ1) is 13.7. The van der Waals surface area contributed by atoms with Gasteiger partial charge in [0.2, 0.25) is 0 Å². The zero-order valence-electron chi connectivity index (χ0n) is 15.3. The summed E-state index contributed by atoms with van der Waals surface area (Å²) in [7, 11) is 0. The first-order valence-corrected chi connectivity index (χ1v) is 10.0. The van der Waals surface area contributed by atoms with Gasteiger partial charge >= 0.3 is 0 Å². The number of amides is 1. The molecular weight excluding hydrogens is 418 g/mol. The van der Waals surface area contributed by atoms with Gasteiger partial charge in [-0.15, -0.1) is 0 Å². The third-order valence-electron chi connectivity index (χ3n) is 4.71. The number of furan rings is 1. The van der Waals surface area contributed by atoms with Gasteiger partial charge in [0.1, 0.15) is 11.5 Å². The summed E-state index contributed by atoms with van der Waals surface area (Å²) < 4.78 is 6.76. The van der Waals surface area contributed by atoms with Crippen LogP contribution in [0.1, 0.15) is 29.0 Å². The van der Waals surface area contributed by atoms with Crippen molar-refractivity contribution in [2.75, 3.05) is 18.0 Å². The number of rotatable bonds is 5. The van der Waals surface area contributed by atoms with Gasteiger partial charge in [-0.1, -0.05) is 28.1 Å². The molecule has 28 heavy (non-hydrogen) atoms. The van der Waals surface area contributed by atoms with Crippen molar-refractivity contribution in [2.45, 2.75) is 12.8 Å². The molecule has 1 aliphatic heterocycles. The summed E-state index contributed by atoms with van der Waals surface area (Å²) >= 11 is 3.42. The van der Waals surface area contributed by atoms with Gasteiger partial charge < -0.3 is 9.32 Å². The highest BCUT2D eigenvalue weighted by Gasteiger charge is 2.13. The normalized spacial score (nSPS) is 14.0. The van der Waals surface area contributed by atoms with Crippen LogP contribution in [-0.2, 0) is 0 Å². The topological polar surface area (TPSA) is 57.8 Å². The summed E-state index contributed by atoms with van der Waals surface area (Å²) in [6.45, 7) is 2.17. The molecule has 2 aromatic carbocycles. The highest BCUT2D eigenvalue weighted by molar-refractivity contribution is 9.10. The highest BCUT2D eigenvalue weighted by atomic mass is 79.9. The van der Waals surface area contributed by atoms with Crippen LogP contribution in [0.3, 0.4) is 0 Å². The van der Waals surface area contributed by atoms with Crippen LogP contribution in [0.5, 0.6) is 0 Å². The fourth-order valence-corrected chi connectivity index (χ4v) is 3.47. The minimum absolute atomic E-state index is 0.246. The summed E-state index contributed by atoms with van der Waals surface area (Å²) in [6, 6.07) is 19.2. The summed E-state index contributed by atoms with van der Waals surface area (Å²) in [4.78, 5) is 14.6. The third kappa shape index (κ3) is 4.34. The zero-order valence-corrected chi connectivity index (χ0v) is 16.9. The predicted octanol–water partition coefficient (Wildman–Crippen LogP) is 5.07. The predicted molar refractivity (Wildman–Crippen MR) is 115 cm³/mol. The molecule has 6 heteroatoms. The van der Waals surface area contributed by atoms with Gasteiger partial charge in [-0.05, 0) is 61.4 Å². The standard InChI is InChI=1S/C22H20BrN3O2/c23-18-7-3-16(4-8-18)21-12-11-20(28-21)15-24-25-22(27)17-5-9-19(10-6-17)26-13-1-2-14-26/h3-12,15H,1-2,13-14H2,(H,25,27)/b24-15+. The molecule has 1 amide bonds. The van der Waals surface area contributed by atoms with Crippen molar-refractivity contribution in [3.05, 3.63) is 76.5 Å². The van der Waals surface area contributed by atoms with Crippen molar-refractivity contribution in [3.8, 4) is 11.3 Å². The first-order valence-electron chi connectivity index (χ1n) is 9.23. The maximum Gasteiger partial charge on any atom is 0.271 e. The van der Waals surface area contributed by atoms with Gasteiger partial charge in [0.25, 0.3) is 5.91 Å². The average molecular weight is 438 g/mol. The minimum atomic E-state index is -0.246. The highest BCUT2D eigenvalue weighted by Crippen LogP contribution is 2.23. The first kappa shape index (κ1) is 18.5. The Balaban J connectivity index is 1.35. The minimum Gasteiger partial charge on any atom is -0.455 e. The Labute approximate surface area is 172 Å². The number of halogens is 1.